The minimum Gasteiger partial charge on any atom is -0.354 e. The molecule has 0 saturated heterocycles. The van der Waals surface area contributed by atoms with Crippen LogP contribution in [0.15, 0.2) is 0 Å². The zero-order valence-corrected chi connectivity index (χ0v) is 12.2. The molecule has 3 N–H and O–H groups in total. The molecule has 4 heteroatoms. The maximum Gasteiger partial charge on any atom is 0.234 e. The number of carbonyl (C=O) groups is 1. The van der Waals surface area contributed by atoms with Gasteiger partial charge in [0.2, 0.25) is 5.91 Å². The molecule has 0 saturated carbocycles. The van der Waals surface area contributed by atoms with Crippen LogP contribution < -0.4 is 16.0 Å². The summed E-state index contributed by atoms with van der Waals surface area (Å²) in [4.78, 5) is 11.5. The molecule has 1 atom stereocenters. The molecule has 102 valence electrons. The van der Waals surface area contributed by atoms with E-state index in [9.17, 15) is 4.79 Å². The molecular formula is C13H29N3O. The van der Waals surface area contributed by atoms with Crippen LogP contribution in [-0.2, 0) is 4.79 Å². The Labute approximate surface area is 106 Å². The third-order valence-electron chi connectivity index (χ3n) is 2.69. The number of carbonyl (C=O) groups excluding carboxylic acids is 1. The number of amides is 1. The van der Waals surface area contributed by atoms with Crippen LogP contribution in [0.4, 0.5) is 0 Å². The van der Waals surface area contributed by atoms with Crippen molar-refractivity contribution in [1.82, 2.24) is 16.0 Å². The highest BCUT2D eigenvalue weighted by molar-refractivity contribution is 5.77. The number of hydrogen-bond acceptors (Lipinski definition) is 3. The van der Waals surface area contributed by atoms with E-state index in [1.165, 1.54) is 0 Å². The van der Waals surface area contributed by atoms with Gasteiger partial charge in [-0.15, -0.1) is 0 Å². The van der Waals surface area contributed by atoms with Crippen molar-refractivity contribution < 1.29 is 4.79 Å². The van der Waals surface area contributed by atoms with E-state index in [0.29, 0.717) is 25.0 Å². The predicted octanol–water partition coefficient (Wildman–Crippen LogP) is 1.12. The maximum atomic E-state index is 11.5. The summed E-state index contributed by atoms with van der Waals surface area (Å²) in [5, 5.41) is 9.42. The number of hydrogen-bond donors (Lipinski definition) is 3. The SMILES string of the molecule is CC(C)[C@H](C)NCC(=O)NCCNC(C)(C)C. The summed E-state index contributed by atoms with van der Waals surface area (Å²) in [5.74, 6) is 0.610. The molecule has 0 aromatic carbocycles. The van der Waals surface area contributed by atoms with Crippen LogP contribution in [0.5, 0.6) is 0 Å². The zero-order valence-electron chi connectivity index (χ0n) is 12.2. The fourth-order valence-electron chi connectivity index (χ4n) is 1.19. The molecule has 4 nitrogen and oxygen atoms in total. The molecule has 0 fully saturated rings. The van der Waals surface area contributed by atoms with Gasteiger partial charge in [-0.1, -0.05) is 13.8 Å². The van der Waals surface area contributed by atoms with Crippen LogP contribution in [0.1, 0.15) is 41.5 Å². The van der Waals surface area contributed by atoms with Gasteiger partial charge in [-0.3, -0.25) is 4.79 Å². The van der Waals surface area contributed by atoms with E-state index in [-0.39, 0.29) is 11.4 Å². The lowest BCUT2D eigenvalue weighted by Gasteiger charge is -2.21. The molecular weight excluding hydrogens is 214 g/mol. The van der Waals surface area contributed by atoms with Gasteiger partial charge in [-0.2, -0.15) is 0 Å². The number of nitrogens with one attached hydrogen (secondary N) is 3. The summed E-state index contributed by atoms with van der Waals surface area (Å²) < 4.78 is 0. The van der Waals surface area contributed by atoms with Crippen molar-refractivity contribution in [2.75, 3.05) is 19.6 Å². The van der Waals surface area contributed by atoms with Crippen molar-refractivity contribution in [3.8, 4) is 0 Å². The summed E-state index contributed by atoms with van der Waals surface area (Å²) in [6.45, 7) is 14.6. The minimum atomic E-state index is 0.0632. The van der Waals surface area contributed by atoms with E-state index >= 15 is 0 Å². The third kappa shape index (κ3) is 10.3. The standard InChI is InChI=1S/C13H29N3O/c1-10(2)11(3)15-9-12(17)14-7-8-16-13(4,5)6/h10-11,15-16H,7-9H2,1-6H3,(H,14,17)/t11-/m0/s1. The van der Waals surface area contributed by atoms with Crippen LogP contribution in [0.3, 0.4) is 0 Å². The molecule has 0 aromatic heterocycles. The van der Waals surface area contributed by atoms with Crippen LogP contribution in [0.25, 0.3) is 0 Å². The lowest BCUT2D eigenvalue weighted by molar-refractivity contribution is -0.120. The smallest absolute Gasteiger partial charge is 0.234 e. The zero-order chi connectivity index (χ0) is 13.5. The molecule has 0 aliphatic carbocycles. The summed E-state index contributed by atoms with van der Waals surface area (Å²) in [5.41, 5.74) is 0.106. The van der Waals surface area contributed by atoms with E-state index in [1.807, 2.05) is 0 Å². The Kier molecular flexibility index (Phi) is 7.39. The van der Waals surface area contributed by atoms with Crippen molar-refractivity contribution in [1.29, 1.82) is 0 Å². The lowest BCUT2D eigenvalue weighted by atomic mass is 10.1. The van der Waals surface area contributed by atoms with Gasteiger partial charge in [0.1, 0.15) is 0 Å². The lowest BCUT2D eigenvalue weighted by Crippen LogP contribution is -2.44. The molecule has 1 amide bonds. The van der Waals surface area contributed by atoms with Gasteiger partial charge < -0.3 is 16.0 Å². The Morgan fingerprint density at radius 3 is 2.18 bits per heavy atom. The molecule has 0 aromatic rings. The third-order valence-corrected chi connectivity index (χ3v) is 2.69. The summed E-state index contributed by atoms with van der Waals surface area (Å²) in [6, 6.07) is 0.369. The molecule has 17 heavy (non-hydrogen) atoms. The van der Waals surface area contributed by atoms with Crippen molar-refractivity contribution in [3.05, 3.63) is 0 Å². The van der Waals surface area contributed by atoms with Gasteiger partial charge in [0.25, 0.3) is 0 Å². The van der Waals surface area contributed by atoms with Crippen LogP contribution in [-0.4, -0.2) is 37.1 Å². The average Bonchev–Trinajstić information content (AvgIpc) is 2.19. The Morgan fingerprint density at radius 1 is 1.12 bits per heavy atom. The first kappa shape index (κ1) is 16.4. The van der Waals surface area contributed by atoms with Crippen molar-refractivity contribution >= 4 is 5.91 Å². The average molecular weight is 243 g/mol. The fraction of sp³-hybridized carbons (Fsp3) is 0.923. The molecule has 0 spiro atoms. The molecule has 0 bridgehead atoms. The topological polar surface area (TPSA) is 53.2 Å². The van der Waals surface area contributed by atoms with E-state index in [1.54, 1.807) is 0 Å². The maximum absolute atomic E-state index is 11.5. The highest BCUT2D eigenvalue weighted by Crippen LogP contribution is 1.98. The first-order chi connectivity index (χ1) is 7.72. The highest BCUT2D eigenvalue weighted by Gasteiger charge is 2.09. The van der Waals surface area contributed by atoms with Gasteiger partial charge in [-0.05, 0) is 33.6 Å². The van der Waals surface area contributed by atoms with Crippen LogP contribution in [0, 0.1) is 5.92 Å². The van der Waals surface area contributed by atoms with Crippen molar-refractivity contribution in [3.63, 3.8) is 0 Å². The number of rotatable bonds is 7. The second kappa shape index (κ2) is 7.67. The first-order valence-corrected chi connectivity index (χ1v) is 6.47. The van der Waals surface area contributed by atoms with E-state index < -0.39 is 0 Å². The molecule has 0 heterocycles. The van der Waals surface area contributed by atoms with Crippen LogP contribution >= 0.6 is 0 Å². The second-order valence-corrected chi connectivity index (χ2v) is 5.94. The van der Waals surface area contributed by atoms with Gasteiger partial charge in [-0.25, -0.2) is 0 Å². The predicted molar refractivity (Wildman–Crippen MR) is 73.1 cm³/mol. The summed E-state index contributed by atoms with van der Waals surface area (Å²) in [7, 11) is 0. The van der Waals surface area contributed by atoms with E-state index in [4.69, 9.17) is 0 Å². The summed E-state index contributed by atoms with van der Waals surface area (Å²) >= 11 is 0. The first-order valence-electron chi connectivity index (χ1n) is 6.47. The van der Waals surface area contributed by atoms with E-state index in [2.05, 4.69) is 57.5 Å². The second-order valence-electron chi connectivity index (χ2n) is 5.94. The molecule has 0 aliphatic rings. The Balaban J connectivity index is 3.54. The quantitative estimate of drug-likeness (QED) is 0.587. The van der Waals surface area contributed by atoms with Gasteiger partial charge >= 0.3 is 0 Å². The Morgan fingerprint density at radius 2 is 1.71 bits per heavy atom. The van der Waals surface area contributed by atoms with Gasteiger partial charge in [0.05, 0.1) is 6.54 Å². The van der Waals surface area contributed by atoms with E-state index in [0.717, 1.165) is 6.54 Å². The van der Waals surface area contributed by atoms with Crippen molar-refractivity contribution in [2.24, 2.45) is 5.92 Å². The Hall–Kier alpha value is -0.610. The van der Waals surface area contributed by atoms with Crippen LogP contribution in [0.2, 0.25) is 0 Å². The van der Waals surface area contributed by atoms with Gasteiger partial charge in [0, 0.05) is 24.7 Å². The normalized spacial score (nSPS) is 13.8. The minimum absolute atomic E-state index is 0.0632. The monoisotopic (exact) mass is 243 g/mol. The highest BCUT2D eigenvalue weighted by atomic mass is 16.1. The molecule has 0 radical (unpaired) electrons. The summed E-state index contributed by atoms with van der Waals surface area (Å²) in [6.07, 6.45) is 0. The van der Waals surface area contributed by atoms with Gasteiger partial charge in [0.15, 0.2) is 0 Å². The molecule has 0 aliphatic heterocycles. The van der Waals surface area contributed by atoms with Crippen molar-refractivity contribution in [2.45, 2.75) is 53.1 Å². The Bertz CT molecular complexity index is 221. The molecule has 0 unspecified atom stereocenters. The largest absolute Gasteiger partial charge is 0.354 e. The molecule has 0 rings (SSSR count). The fourth-order valence-corrected chi connectivity index (χ4v) is 1.19.